The van der Waals surface area contributed by atoms with Crippen LogP contribution in [0.3, 0.4) is 0 Å². The molecule has 10 aromatic rings. The van der Waals surface area contributed by atoms with Gasteiger partial charge in [-0.3, -0.25) is 0 Å². The highest BCUT2D eigenvalue weighted by atomic mass is 28.3. The van der Waals surface area contributed by atoms with Crippen molar-refractivity contribution in [3.05, 3.63) is 313 Å². The predicted molar refractivity (Wildman–Crippen MR) is 379 cm³/mol. The van der Waals surface area contributed by atoms with Gasteiger partial charge < -0.3 is 0 Å². The maximum Gasteiger partial charge on any atom is 0.0775 e. The molecule has 0 aliphatic rings. The van der Waals surface area contributed by atoms with E-state index < -0.39 is 8.07 Å². The summed E-state index contributed by atoms with van der Waals surface area (Å²) in [6.45, 7) is 48.0. The zero-order valence-electron chi connectivity index (χ0n) is 55.8. The Hall–Kier alpha value is -7.58. The van der Waals surface area contributed by atoms with E-state index in [-0.39, 0.29) is 5.41 Å². The lowest BCUT2D eigenvalue weighted by molar-refractivity contribution is 0.590. The Balaban J connectivity index is 0.000000212. The van der Waals surface area contributed by atoms with E-state index >= 15 is 0 Å². The Bertz CT molecular complexity index is 3420. The van der Waals surface area contributed by atoms with E-state index in [0.29, 0.717) is 0 Å². The van der Waals surface area contributed by atoms with Crippen LogP contribution in [0.1, 0.15) is 115 Å². The molecule has 0 amide bonds. The van der Waals surface area contributed by atoms with Gasteiger partial charge in [-0.05, 0) is 200 Å². The molecule has 84 heavy (non-hydrogen) atoms. The number of hydrogen-bond donors (Lipinski definition) is 0. The average molecular weight is 1130 g/mol. The zero-order chi connectivity index (χ0) is 62.3. The summed E-state index contributed by atoms with van der Waals surface area (Å²) in [5.41, 5.74) is 31.1. The molecule has 0 bridgehead atoms. The summed E-state index contributed by atoms with van der Waals surface area (Å²) in [4.78, 5) is 0. The van der Waals surface area contributed by atoms with Crippen LogP contribution in [0, 0.1) is 111 Å². The normalized spacial score (nSPS) is 10.5. The van der Waals surface area contributed by atoms with E-state index in [1.165, 1.54) is 128 Å². The predicted octanol–water partition coefficient (Wildman–Crippen LogP) is 23.6. The summed E-state index contributed by atoms with van der Waals surface area (Å²) in [5, 5.41) is 1.54. The van der Waals surface area contributed by atoms with Crippen LogP contribution in [-0.2, 0) is 5.41 Å². The molecule has 0 heterocycles. The van der Waals surface area contributed by atoms with E-state index in [9.17, 15) is 0 Å². The van der Waals surface area contributed by atoms with Crippen molar-refractivity contribution < 1.29 is 0 Å². The average Bonchev–Trinajstić information content (AvgIpc) is 3.64. The van der Waals surface area contributed by atoms with Crippen molar-refractivity contribution in [2.24, 2.45) is 0 Å². The third kappa shape index (κ3) is 23.9. The maximum absolute atomic E-state index is 2.37. The Kier molecular flexibility index (Phi) is 27.1. The second-order valence-electron chi connectivity index (χ2n) is 25.4. The lowest BCUT2D eigenvalue weighted by atomic mass is 9.87. The van der Waals surface area contributed by atoms with Gasteiger partial charge in [0, 0.05) is 0 Å². The summed E-state index contributed by atoms with van der Waals surface area (Å²) < 4.78 is 0. The molecule has 0 N–H and O–H groups in total. The van der Waals surface area contributed by atoms with Gasteiger partial charge in [-0.1, -0.05) is 308 Å². The van der Waals surface area contributed by atoms with Crippen molar-refractivity contribution in [1.82, 2.24) is 0 Å². The number of hydrogen-bond acceptors (Lipinski definition) is 0. The molecule has 0 nitrogen and oxygen atoms in total. The molecule has 0 spiro atoms. The van der Waals surface area contributed by atoms with Gasteiger partial charge in [0.1, 0.15) is 0 Å². The highest BCUT2D eigenvalue weighted by Gasteiger charge is 2.15. The van der Waals surface area contributed by atoms with Crippen molar-refractivity contribution in [3.63, 3.8) is 0 Å². The standard InChI is InChI=1S/2C15H16.C14H14.C11H16.C10H16Si.2C9H12/c1-11-4-6-14(7-5-11)15-9-12(2)8-13(3)10-15;1-11-7-9-14(10-8-11)15-12(2)5-4-6-13(15)3;1-11-8-9-14(10-12(11)2)13-6-4-3-5-7-13;2*1-9-5-7-10(8-6-9)11(2,3)4;2*1-7-4-5-8(2)9(3)6-7/h2*4-10H,1-3H3;3-10H,1-2H3;2*5-8H,1-4H3;2*4-6H,1-3H3. The first-order valence-electron chi connectivity index (χ1n) is 30.1. The van der Waals surface area contributed by atoms with E-state index in [1.807, 2.05) is 6.07 Å². The van der Waals surface area contributed by atoms with Gasteiger partial charge in [-0.25, -0.2) is 0 Å². The molecular weight excluding hydrogens is 1020 g/mol. The first kappa shape index (κ1) is 68.9. The molecular formula is C83H102Si. The molecule has 0 atom stereocenters. The Morgan fingerprint density at radius 1 is 0.226 bits per heavy atom. The van der Waals surface area contributed by atoms with Crippen molar-refractivity contribution in [2.75, 3.05) is 0 Å². The molecule has 10 rings (SSSR count). The molecule has 0 radical (unpaired) electrons. The molecule has 0 saturated heterocycles. The molecule has 0 fully saturated rings. The molecule has 0 aromatic heterocycles. The fourth-order valence-corrected chi connectivity index (χ4v) is 10.5. The SMILES string of the molecule is Cc1ccc(-c2c(C)cccc2C)cc1.Cc1ccc(-c2cc(C)cc(C)c2)cc1.Cc1ccc(-c2ccccc2)cc1C.Cc1ccc(C(C)(C)C)cc1.Cc1ccc(C)c(C)c1.Cc1ccc(C)c(C)c1.Cc1ccc([Si](C)(C)C)cc1. The number of rotatable bonds is 4. The Labute approximate surface area is 513 Å². The van der Waals surface area contributed by atoms with E-state index in [2.05, 4.69) is 364 Å². The maximum atomic E-state index is 2.37. The largest absolute Gasteiger partial charge is 0.0775 e. The van der Waals surface area contributed by atoms with Gasteiger partial charge in [0.2, 0.25) is 0 Å². The van der Waals surface area contributed by atoms with Crippen molar-refractivity contribution in [3.8, 4) is 33.4 Å². The summed E-state index contributed by atoms with van der Waals surface area (Å²) in [6, 6.07) is 78.3. The van der Waals surface area contributed by atoms with E-state index in [4.69, 9.17) is 0 Å². The van der Waals surface area contributed by atoms with Gasteiger partial charge in [0.05, 0.1) is 8.07 Å². The van der Waals surface area contributed by atoms with Crippen LogP contribution in [0.2, 0.25) is 19.6 Å². The van der Waals surface area contributed by atoms with Crippen molar-refractivity contribution in [1.29, 1.82) is 0 Å². The fraction of sp³-hybridized carbons (Fsp3) is 0.277. The Morgan fingerprint density at radius 3 is 0.952 bits per heavy atom. The van der Waals surface area contributed by atoms with E-state index in [0.717, 1.165) is 0 Å². The van der Waals surface area contributed by atoms with Crippen LogP contribution in [0.5, 0.6) is 0 Å². The lowest BCUT2D eigenvalue weighted by Crippen LogP contribution is -2.37. The van der Waals surface area contributed by atoms with Crippen LogP contribution in [0.15, 0.2) is 218 Å². The summed E-state index contributed by atoms with van der Waals surface area (Å²) in [6.07, 6.45) is 0. The molecule has 0 aliphatic heterocycles. The summed E-state index contributed by atoms with van der Waals surface area (Å²) in [5.74, 6) is 0. The van der Waals surface area contributed by atoms with Crippen LogP contribution < -0.4 is 5.19 Å². The second kappa shape index (κ2) is 33.0. The van der Waals surface area contributed by atoms with Crippen LogP contribution in [0.4, 0.5) is 0 Å². The minimum atomic E-state index is -1.06. The first-order chi connectivity index (χ1) is 39.5. The fourth-order valence-electron chi connectivity index (χ4n) is 9.32. The second-order valence-corrected chi connectivity index (χ2v) is 30.5. The summed E-state index contributed by atoms with van der Waals surface area (Å²) >= 11 is 0. The lowest BCUT2D eigenvalue weighted by Gasteiger charge is -2.18. The molecule has 10 aromatic carbocycles. The van der Waals surface area contributed by atoms with Crippen molar-refractivity contribution in [2.45, 2.75) is 157 Å². The van der Waals surface area contributed by atoms with Crippen LogP contribution in [0.25, 0.3) is 33.4 Å². The molecule has 0 saturated carbocycles. The zero-order valence-corrected chi connectivity index (χ0v) is 56.8. The summed E-state index contributed by atoms with van der Waals surface area (Å²) in [7, 11) is -1.06. The topological polar surface area (TPSA) is 0 Å². The van der Waals surface area contributed by atoms with Crippen LogP contribution >= 0.6 is 0 Å². The molecule has 0 unspecified atom stereocenters. The van der Waals surface area contributed by atoms with Gasteiger partial charge >= 0.3 is 0 Å². The molecule has 1 heteroatoms. The highest BCUT2D eigenvalue weighted by molar-refractivity contribution is 6.88. The third-order valence-electron chi connectivity index (χ3n) is 15.2. The van der Waals surface area contributed by atoms with Crippen molar-refractivity contribution >= 4 is 13.3 Å². The van der Waals surface area contributed by atoms with E-state index in [1.54, 1.807) is 5.19 Å². The first-order valence-corrected chi connectivity index (χ1v) is 33.6. The Morgan fingerprint density at radius 2 is 0.571 bits per heavy atom. The number of benzene rings is 10. The third-order valence-corrected chi connectivity index (χ3v) is 17.3. The minimum absolute atomic E-state index is 0.285. The van der Waals surface area contributed by atoms with Crippen LogP contribution in [-0.4, -0.2) is 8.07 Å². The van der Waals surface area contributed by atoms with Gasteiger partial charge in [0.15, 0.2) is 0 Å². The quantitative estimate of drug-likeness (QED) is 0.154. The molecule has 438 valence electrons. The number of aryl methyl sites for hydroxylation is 16. The smallest absolute Gasteiger partial charge is 0.0656 e. The van der Waals surface area contributed by atoms with Gasteiger partial charge in [-0.15, -0.1) is 0 Å². The highest BCUT2D eigenvalue weighted by Crippen LogP contribution is 2.28. The monoisotopic (exact) mass is 1130 g/mol. The molecule has 0 aliphatic carbocycles. The van der Waals surface area contributed by atoms with Gasteiger partial charge in [-0.2, -0.15) is 0 Å². The minimum Gasteiger partial charge on any atom is -0.0656 e. The van der Waals surface area contributed by atoms with Gasteiger partial charge in [0.25, 0.3) is 0 Å².